The third-order valence-corrected chi connectivity index (χ3v) is 0.598. The average Bonchev–Trinajstić information content (AvgIpc) is 1.69. The van der Waals surface area contributed by atoms with Gasteiger partial charge >= 0.3 is 0 Å². The van der Waals surface area contributed by atoms with Crippen molar-refractivity contribution in [3.8, 4) is 11.8 Å². The number of hydrogen-bond donors (Lipinski definition) is 0. The van der Waals surface area contributed by atoms with E-state index >= 15 is 0 Å². The maximum atomic E-state index is 3.54. The number of allylic oxidation sites excluding steroid dienone is 1. The molecular formula is C7H9. The van der Waals surface area contributed by atoms with Crippen LogP contribution in [0.2, 0.25) is 0 Å². The highest BCUT2D eigenvalue weighted by Crippen LogP contribution is 1.83. The van der Waals surface area contributed by atoms with Crippen LogP contribution >= 0.6 is 0 Å². The molecule has 1 radical (unpaired) electrons. The fourth-order valence-electron chi connectivity index (χ4n) is 0.263. The van der Waals surface area contributed by atoms with Crippen LogP contribution in [0.5, 0.6) is 0 Å². The number of hydrogen-bond acceptors (Lipinski definition) is 0. The van der Waals surface area contributed by atoms with Gasteiger partial charge in [-0.3, -0.25) is 0 Å². The van der Waals surface area contributed by atoms with E-state index in [4.69, 9.17) is 0 Å². The van der Waals surface area contributed by atoms with E-state index in [9.17, 15) is 0 Å². The molecule has 0 bridgehead atoms. The van der Waals surface area contributed by atoms with Crippen LogP contribution in [0.25, 0.3) is 0 Å². The summed E-state index contributed by atoms with van der Waals surface area (Å²) in [6.07, 6.45) is 3.72. The van der Waals surface area contributed by atoms with E-state index in [1.165, 1.54) is 0 Å². The van der Waals surface area contributed by atoms with Crippen LogP contribution in [0, 0.1) is 18.8 Å². The maximum Gasteiger partial charge on any atom is 0.0198 e. The third-order valence-electron chi connectivity index (χ3n) is 0.598. The van der Waals surface area contributed by atoms with Crippen molar-refractivity contribution >= 4 is 0 Å². The van der Waals surface area contributed by atoms with Gasteiger partial charge in [0.2, 0.25) is 0 Å². The van der Waals surface area contributed by atoms with Gasteiger partial charge < -0.3 is 0 Å². The lowest BCUT2D eigenvalue weighted by atomic mass is 10.3. The highest BCUT2D eigenvalue weighted by atomic mass is 13.7. The molecule has 0 saturated heterocycles. The first-order valence-electron chi connectivity index (χ1n) is 2.27. The normalized spacial score (nSPS) is 6.43. The van der Waals surface area contributed by atoms with E-state index in [1.54, 1.807) is 0 Å². The summed E-state index contributed by atoms with van der Waals surface area (Å²) in [5.41, 5.74) is 0. The summed E-state index contributed by atoms with van der Waals surface area (Å²) in [6, 6.07) is 0. The van der Waals surface area contributed by atoms with E-state index in [2.05, 4.69) is 25.3 Å². The second-order valence-electron chi connectivity index (χ2n) is 1.18. The van der Waals surface area contributed by atoms with E-state index in [0.29, 0.717) is 0 Å². The molecule has 0 aliphatic rings. The molecule has 0 aromatic rings. The zero-order chi connectivity index (χ0) is 5.54. The Balaban J connectivity index is 2.92. The standard InChI is InChI=1S/C7H9/c1-3-5-7-6-4-2/h3H,1-2,5,7H2. The van der Waals surface area contributed by atoms with Gasteiger partial charge in [-0.2, -0.15) is 0 Å². The summed E-state index contributed by atoms with van der Waals surface area (Å²) in [4.78, 5) is 0. The highest BCUT2D eigenvalue weighted by molar-refractivity contribution is 5.01. The first-order chi connectivity index (χ1) is 3.41. The van der Waals surface area contributed by atoms with Crippen molar-refractivity contribution in [3.05, 3.63) is 19.6 Å². The smallest absolute Gasteiger partial charge is 0.0198 e. The lowest BCUT2D eigenvalue weighted by molar-refractivity contribution is 1.09. The van der Waals surface area contributed by atoms with Crippen molar-refractivity contribution in [2.75, 3.05) is 0 Å². The fraction of sp³-hybridized carbons (Fsp3) is 0.286. The van der Waals surface area contributed by atoms with Gasteiger partial charge in [0.1, 0.15) is 0 Å². The van der Waals surface area contributed by atoms with E-state index < -0.39 is 0 Å². The van der Waals surface area contributed by atoms with Crippen molar-refractivity contribution in [1.29, 1.82) is 0 Å². The lowest BCUT2D eigenvalue weighted by Gasteiger charge is -1.75. The summed E-state index contributed by atoms with van der Waals surface area (Å²) in [5.74, 6) is 5.37. The second-order valence-corrected chi connectivity index (χ2v) is 1.18. The monoisotopic (exact) mass is 93.1 g/mol. The van der Waals surface area contributed by atoms with Gasteiger partial charge in [0.05, 0.1) is 0 Å². The Labute approximate surface area is 45.2 Å². The molecule has 0 amide bonds. The topological polar surface area (TPSA) is 0 Å². The maximum absolute atomic E-state index is 3.54. The molecule has 0 aromatic heterocycles. The van der Waals surface area contributed by atoms with Gasteiger partial charge in [-0.15, -0.1) is 18.4 Å². The summed E-state index contributed by atoms with van der Waals surface area (Å²) in [7, 11) is 0. The van der Waals surface area contributed by atoms with E-state index in [0.717, 1.165) is 12.8 Å². The molecule has 0 heterocycles. The number of rotatable bonds is 2. The molecular weight excluding hydrogens is 84.1 g/mol. The molecule has 0 aliphatic carbocycles. The van der Waals surface area contributed by atoms with Gasteiger partial charge in [0.15, 0.2) is 0 Å². The van der Waals surface area contributed by atoms with Crippen molar-refractivity contribution in [1.82, 2.24) is 0 Å². The summed E-state index contributed by atoms with van der Waals surface area (Å²) < 4.78 is 0. The summed E-state index contributed by atoms with van der Waals surface area (Å²) >= 11 is 0. The van der Waals surface area contributed by atoms with Crippen LogP contribution in [-0.2, 0) is 0 Å². The Hall–Kier alpha value is -0.700. The van der Waals surface area contributed by atoms with Crippen LogP contribution in [0.4, 0.5) is 0 Å². The Bertz CT molecular complexity index is 90.3. The van der Waals surface area contributed by atoms with E-state index in [1.807, 2.05) is 6.08 Å². The summed E-state index contributed by atoms with van der Waals surface area (Å²) in [6.45, 7) is 6.91. The second kappa shape index (κ2) is 5.30. The quantitative estimate of drug-likeness (QED) is 0.277. The van der Waals surface area contributed by atoms with Crippen LogP contribution in [-0.4, -0.2) is 0 Å². The molecule has 0 heteroatoms. The lowest BCUT2D eigenvalue weighted by Crippen LogP contribution is -1.59. The average molecular weight is 93.1 g/mol. The molecule has 0 atom stereocenters. The molecule has 0 fully saturated rings. The van der Waals surface area contributed by atoms with Crippen molar-refractivity contribution in [2.45, 2.75) is 12.8 Å². The minimum absolute atomic E-state index is 0.896. The molecule has 0 spiro atoms. The van der Waals surface area contributed by atoms with Gasteiger partial charge in [-0.05, 0) is 6.42 Å². The minimum atomic E-state index is 0.896. The van der Waals surface area contributed by atoms with Gasteiger partial charge in [-0.1, -0.05) is 6.08 Å². The summed E-state index contributed by atoms with van der Waals surface area (Å²) in [5, 5.41) is 0. The predicted molar refractivity (Wildman–Crippen MR) is 32.6 cm³/mol. The molecule has 0 aliphatic heterocycles. The first kappa shape index (κ1) is 6.30. The minimum Gasteiger partial charge on any atom is -0.103 e. The fourth-order valence-corrected chi connectivity index (χ4v) is 0.263. The van der Waals surface area contributed by atoms with Crippen LogP contribution < -0.4 is 0 Å². The molecule has 0 nitrogen and oxygen atoms in total. The Morgan fingerprint density at radius 1 is 1.57 bits per heavy atom. The van der Waals surface area contributed by atoms with Gasteiger partial charge in [0.25, 0.3) is 0 Å². The molecule has 0 N–H and O–H groups in total. The first-order valence-corrected chi connectivity index (χ1v) is 2.27. The largest absolute Gasteiger partial charge is 0.103 e. The highest BCUT2D eigenvalue weighted by Gasteiger charge is 1.67. The molecule has 0 saturated carbocycles. The molecule has 7 heavy (non-hydrogen) atoms. The van der Waals surface area contributed by atoms with Gasteiger partial charge in [0, 0.05) is 13.3 Å². The van der Waals surface area contributed by atoms with E-state index in [-0.39, 0.29) is 0 Å². The molecule has 0 aromatic carbocycles. The van der Waals surface area contributed by atoms with Crippen molar-refractivity contribution in [2.24, 2.45) is 0 Å². The van der Waals surface area contributed by atoms with Crippen LogP contribution in [0.3, 0.4) is 0 Å². The number of unbranched alkanes of at least 4 members (excludes halogenated alkanes) is 1. The Kier molecular flexibility index (Phi) is 4.77. The molecule has 37 valence electrons. The SMILES string of the molecule is [CH2]C#CCCC=C. The van der Waals surface area contributed by atoms with Crippen LogP contribution in [0.1, 0.15) is 12.8 Å². The zero-order valence-electron chi connectivity index (χ0n) is 4.41. The molecule has 0 unspecified atom stereocenters. The predicted octanol–water partition coefficient (Wildman–Crippen LogP) is 1.79. The zero-order valence-corrected chi connectivity index (χ0v) is 4.41. The Morgan fingerprint density at radius 2 is 2.29 bits per heavy atom. The van der Waals surface area contributed by atoms with Gasteiger partial charge in [-0.25, -0.2) is 0 Å². The Morgan fingerprint density at radius 3 is 2.71 bits per heavy atom. The molecule has 0 rings (SSSR count). The third kappa shape index (κ3) is 5.30. The van der Waals surface area contributed by atoms with Crippen molar-refractivity contribution < 1.29 is 0 Å². The van der Waals surface area contributed by atoms with Crippen LogP contribution in [0.15, 0.2) is 12.7 Å². The van der Waals surface area contributed by atoms with Crippen molar-refractivity contribution in [3.63, 3.8) is 0 Å².